The second-order valence-corrected chi connectivity index (χ2v) is 6.68. The molecule has 5 nitrogen and oxygen atoms in total. The van der Waals surface area contributed by atoms with Crippen LogP contribution in [0.2, 0.25) is 0 Å². The summed E-state index contributed by atoms with van der Waals surface area (Å²) in [6, 6.07) is 7.29. The van der Waals surface area contributed by atoms with Crippen LogP contribution in [0.4, 0.5) is 10.5 Å². The minimum atomic E-state index is -0.224. The lowest BCUT2D eigenvalue weighted by Crippen LogP contribution is -2.36. The van der Waals surface area contributed by atoms with Crippen LogP contribution in [0.5, 0.6) is 0 Å². The number of carbonyl (C=O) groups excluding carboxylic acids is 2. The first-order chi connectivity index (χ1) is 11.6. The molecule has 0 saturated heterocycles. The maximum absolute atomic E-state index is 12.1. The van der Waals surface area contributed by atoms with E-state index in [0.717, 1.165) is 25.7 Å². The van der Waals surface area contributed by atoms with Crippen LogP contribution < -0.4 is 16.0 Å². The van der Waals surface area contributed by atoms with Crippen LogP contribution in [0.25, 0.3) is 0 Å². The van der Waals surface area contributed by atoms with Gasteiger partial charge >= 0.3 is 6.03 Å². The number of hydrogen-bond donors (Lipinski definition) is 3. The lowest BCUT2D eigenvalue weighted by Gasteiger charge is -2.15. The third kappa shape index (κ3) is 6.60. The maximum atomic E-state index is 12.1. The zero-order chi connectivity index (χ0) is 17.4. The van der Waals surface area contributed by atoms with Gasteiger partial charge in [-0.25, -0.2) is 4.79 Å². The molecule has 0 heterocycles. The normalized spacial score (nSPS) is 14.8. The van der Waals surface area contributed by atoms with Crippen molar-refractivity contribution < 1.29 is 9.59 Å². The molecule has 1 atom stereocenters. The van der Waals surface area contributed by atoms with Crippen LogP contribution in [0.15, 0.2) is 24.3 Å². The van der Waals surface area contributed by atoms with Crippen LogP contribution in [0.3, 0.4) is 0 Å². The summed E-state index contributed by atoms with van der Waals surface area (Å²) in [7, 11) is 0. The minimum absolute atomic E-state index is 0.0779. The van der Waals surface area contributed by atoms with Crippen molar-refractivity contribution in [2.75, 3.05) is 5.32 Å². The zero-order valence-corrected chi connectivity index (χ0v) is 14.7. The summed E-state index contributed by atoms with van der Waals surface area (Å²) in [6.45, 7) is 4.21. The number of benzene rings is 1. The van der Waals surface area contributed by atoms with Crippen LogP contribution in [0, 0.1) is 0 Å². The number of unbranched alkanes of at least 4 members (excludes halogenated alkanes) is 3. The topological polar surface area (TPSA) is 70.2 Å². The molecule has 0 spiro atoms. The molecule has 1 aromatic rings. The highest BCUT2D eigenvalue weighted by Gasteiger charge is 2.23. The highest BCUT2D eigenvalue weighted by atomic mass is 16.2. The number of nitrogens with one attached hydrogen (secondary N) is 3. The molecule has 3 N–H and O–H groups in total. The Labute approximate surface area is 144 Å². The van der Waals surface area contributed by atoms with Gasteiger partial charge < -0.3 is 16.0 Å². The van der Waals surface area contributed by atoms with Gasteiger partial charge in [0.15, 0.2) is 0 Å². The number of urea groups is 1. The Morgan fingerprint density at radius 3 is 2.71 bits per heavy atom. The number of hydrogen-bond acceptors (Lipinski definition) is 2. The summed E-state index contributed by atoms with van der Waals surface area (Å²) >= 11 is 0. The predicted octanol–water partition coefficient (Wildman–Crippen LogP) is 4.06. The van der Waals surface area contributed by atoms with Crippen LogP contribution in [-0.2, 0) is 0 Å². The first-order valence-electron chi connectivity index (χ1n) is 9.07. The third-order valence-corrected chi connectivity index (χ3v) is 4.16. The van der Waals surface area contributed by atoms with Crippen molar-refractivity contribution in [2.24, 2.45) is 0 Å². The number of amides is 3. The van der Waals surface area contributed by atoms with Crippen molar-refractivity contribution >= 4 is 17.6 Å². The lowest BCUT2D eigenvalue weighted by atomic mass is 10.1. The van der Waals surface area contributed by atoms with Crippen molar-refractivity contribution in [3.63, 3.8) is 0 Å². The summed E-state index contributed by atoms with van der Waals surface area (Å²) in [6.07, 6.45) is 7.90. The molecular formula is C19H29N3O2. The summed E-state index contributed by atoms with van der Waals surface area (Å²) in [5.41, 5.74) is 1.21. The summed E-state index contributed by atoms with van der Waals surface area (Å²) in [5, 5.41) is 8.70. The lowest BCUT2D eigenvalue weighted by molar-refractivity contribution is 0.0951. The molecule has 2 rings (SSSR count). The largest absolute Gasteiger partial charge is 0.349 e. The fraction of sp³-hybridized carbons (Fsp3) is 0.579. The Morgan fingerprint density at radius 1 is 1.21 bits per heavy atom. The second-order valence-electron chi connectivity index (χ2n) is 6.68. The molecule has 1 aliphatic rings. The molecule has 0 radical (unpaired) electrons. The highest BCUT2D eigenvalue weighted by Crippen LogP contribution is 2.20. The highest BCUT2D eigenvalue weighted by molar-refractivity contribution is 5.97. The maximum Gasteiger partial charge on any atom is 0.319 e. The number of anilines is 1. The van der Waals surface area contributed by atoms with Gasteiger partial charge in [0.1, 0.15) is 0 Å². The SMILES string of the molecule is CCCCCCC(C)NC(=O)Nc1cccc(C(=O)NC2CC2)c1. The van der Waals surface area contributed by atoms with E-state index < -0.39 is 0 Å². The zero-order valence-electron chi connectivity index (χ0n) is 14.7. The standard InChI is InChI=1S/C19H29N3O2/c1-3-4-5-6-8-14(2)20-19(24)22-17-10-7-9-15(13-17)18(23)21-16-11-12-16/h7,9-10,13-14,16H,3-6,8,11-12H2,1-2H3,(H,21,23)(H2,20,22,24). The van der Waals surface area contributed by atoms with E-state index in [-0.39, 0.29) is 18.0 Å². The van der Waals surface area contributed by atoms with E-state index >= 15 is 0 Å². The molecule has 0 bridgehead atoms. The molecule has 0 aliphatic heterocycles. The molecule has 1 aromatic carbocycles. The van der Waals surface area contributed by atoms with Crippen LogP contribution in [-0.4, -0.2) is 24.0 Å². The molecular weight excluding hydrogens is 302 g/mol. The predicted molar refractivity (Wildman–Crippen MR) is 97.3 cm³/mol. The molecule has 1 aliphatic carbocycles. The van der Waals surface area contributed by atoms with Crippen molar-refractivity contribution in [2.45, 2.75) is 70.9 Å². The monoisotopic (exact) mass is 331 g/mol. The van der Waals surface area contributed by atoms with Crippen molar-refractivity contribution in [1.82, 2.24) is 10.6 Å². The van der Waals surface area contributed by atoms with Crippen molar-refractivity contribution in [3.05, 3.63) is 29.8 Å². The van der Waals surface area contributed by atoms with Crippen molar-refractivity contribution in [1.29, 1.82) is 0 Å². The average Bonchev–Trinajstić information content (AvgIpc) is 3.35. The molecule has 1 fully saturated rings. The van der Waals surface area contributed by atoms with Gasteiger partial charge in [-0.15, -0.1) is 0 Å². The van der Waals surface area contributed by atoms with E-state index in [1.165, 1.54) is 19.3 Å². The van der Waals surface area contributed by atoms with Gasteiger partial charge in [0, 0.05) is 23.3 Å². The van der Waals surface area contributed by atoms with E-state index in [1.807, 2.05) is 6.92 Å². The van der Waals surface area contributed by atoms with E-state index in [9.17, 15) is 9.59 Å². The Morgan fingerprint density at radius 2 is 2.00 bits per heavy atom. The molecule has 132 valence electrons. The van der Waals surface area contributed by atoms with E-state index in [4.69, 9.17) is 0 Å². The van der Waals surface area contributed by atoms with Gasteiger partial charge in [-0.2, -0.15) is 0 Å². The molecule has 5 heteroatoms. The first kappa shape index (κ1) is 18.3. The summed E-state index contributed by atoms with van der Waals surface area (Å²) in [4.78, 5) is 24.1. The average molecular weight is 331 g/mol. The van der Waals surface area contributed by atoms with Gasteiger partial charge in [-0.05, 0) is 44.4 Å². The molecule has 24 heavy (non-hydrogen) atoms. The Balaban J connectivity index is 1.77. The molecule has 3 amide bonds. The molecule has 1 unspecified atom stereocenters. The Hall–Kier alpha value is -2.04. The number of carbonyl (C=O) groups is 2. The van der Waals surface area contributed by atoms with Crippen LogP contribution >= 0.6 is 0 Å². The minimum Gasteiger partial charge on any atom is -0.349 e. The quantitative estimate of drug-likeness (QED) is 0.597. The van der Waals surface area contributed by atoms with Crippen molar-refractivity contribution in [3.8, 4) is 0 Å². The molecule has 0 aromatic heterocycles. The molecule has 1 saturated carbocycles. The van der Waals surface area contributed by atoms with Crippen LogP contribution in [0.1, 0.15) is 69.2 Å². The van der Waals surface area contributed by atoms with Gasteiger partial charge in [0.25, 0.3) is 5.91 Å². The van der Waals surface area contributed by atoms with E-state index in [2.05, 4.69) is 22.9 Å². The Bertz CT molecular complexity index is 555. The fourth-order valence-corrected chi connectivity index (χ4v) is 2.58. The van der Waals surface area contributed by atoms with Gasteiger partial charge in [-0.1, -0.05) is 38.7 Å². The summed E-state index contributed by atoms with van der Waals surface area (Å²) < 4.78 is 0. The van der Waals surface area contributed by atoms with E-state index in [1.54, 1.807) is 24.3 Å². The van der Waals surface area contributed by atoms with E-state index in [0.29, 0.717) is 17.3 Å². The van der Waals surface area contributed by atoms with Gasteiger partial charge in [0.05, 0.1) is 0 Å². The van der Waals surface area contributed by atoms with Gasteiger partial charge in [-0.3, -0.25) is 4.79 Å². The smallest absolute Gasteiger partial charge is 0.319 e. The Kier molecular flexibility index (Phi) is 7.09. The third-order valence-electron chi connectivity index (χ3n) is 4.16. The first-order valence-corrected chi connectivity index (χ1v) is 9.07. The fourth-order valence-electron chi connectivity index (χ4n) is 2.58. The number of rotatable bonds is 9. The second kappa shape index (κ2) is 9.30. The van der Waals surface area contributed by atoms with Gasteiger partial charge in [0.2, 0.25) is 0 Å². The summed E-state index contributed by atoms with van der Waals surface area (Å²) in [5.74, 6) is -0.0779.